The highest BCUT2D eigenvalue weighted by molar-refractivity contribution is 7.11. The summed E-state index contributed by atoms with van der Waals surface area (Å²) in [6.45, 7) is 1.92. The third-order valence-electron chi connectivity index (χ3n) is 1.84. The first-order chi connectivity index (χ1) is 6.22. The van der Waals surface area contributed by atoms with Crippen LogP contribution < -0.4 is 0 Å². The van der Waals surface area contributed by atoms with Crippen LogP contribution in [0.1, 0.15) is 16.0 Å². The van der Waals surface area contributed by atoms with Crippen molar-refractivity contribution >= 4 is 17.3 Å². The fraction of sp³-hybridized carbons (Fsp3) is 0.500. The van der Waals surface area contributed by atoms with Gasteiger partial charge in [-0.25, -0.2) is 9.78 Å². The average molecular weight is 199 g/mol. The summed E-state index contributed by atoms with van der Waals surface area (Å²) in [6.07, 6.45) is 1.21. The summed E-state index contributed by atoms with van der Waals surface area (Å²) < 4.78 is 9.72. The van der Waals surface area contributed by atoms with E-state index in [0.29, 0.717) is 0 Å². The van der Waals surface area contributed by atoms with Crippen LogP contribution in [-0.2, 0) is 14.3 Å². The van der Waals surface area contributed by atoms with Gasteiger partial charge < -0.3 is 9.47 Å². The number of ether oxygens (including phenoxy) is 2. The summed E-state index contributed by atoms with van der Waals surface area (Å²) in [5.41, 5.74) is 0. The van der Waals surface area contributed by atoms with Crippen molar-refractivity contribution in [2.75, 3.05) is 7.11 Å². The van der Waals surface area contributed by atoms with Crippen molar-refractivity contribution in [2.45, 2.75) is 19.1 Å². The lowest BCUT2D eigenvalue weighted by atomic mass is 10.3. The number of esters is 1. The van der Waals surface area contributed by atoms with E-state index in [9.17, 15) is 4.79 Å². The number of thiazole rings is 1. The van der Waals surface area contributed by atoms with Gasteiger partial charge in [-0.05, 0) is 6.92 Å². The molecule has 0 radical (unpaired) electrons. The number of hydrogen-bond acceptors (Lipinski definition) is 5. The average Bonchev–Trinajstić information content (AvgIpc) is 2.82. The van der Waals surface area contributed by atoms with Gasteiger partial charge in [0.25, 0.3) is 0 Å². The number of aryl methyl sites for hydroxylation is 1. The Bertz CT molecular complexity index is 336. The highest BCUT2D eigenvalue weighted by Gasteiger charge is 2.48. The first-order valence-electron chi connectivity index (χ1n) is 3.88. The van der Waals surface area contributed by atoms with Gasteiger partial charge in [0, 0.05) is 6.20 Å². The predicted molar refractivity (Wildman–Crippen MR) is 46.5 cm³/mol. The number of epoxide rings is 1. The maximum atomic E-state index is 11.0. The number of aromatic nitrogens is 1. The molecule has 0 N–H and O–H groups in total. The number of carbonyl (C=O) groups excluding carboxylic acids is 1. The van der Waals surface area contributed by atoms with Crippen LogP contribution in [0, 0.1) is 6.92 Å². The van der Waals surface area contributed by atoms with Crippen molar-refractivity contribution in [3.8, 4) is 0 Å². The summed E-state index contributed by atoms with van der Waals surface area (Å²) in [5.74, 6) is -0.309. The summed E-state index contributed by atoms with van der Waals surface area (Å²) in [5, 5.41) is 0.981. The van der Waals surface area contributed by atoms with Gasteiger partial charge in [-0.15, -0.1) is 11.3 Å². The standard InChI is InChI=1S/C8H9NO3S/c1-4-9-3-5(13-4)6-7(12-6)8(10)11-2/h3,6-7H,1-2H3/t6-,7-/m0/s1. The summed E-state index contributed by atoms with van der Waals surface area (Å²) in [4.78, 5) is 16.1. The maximum Gasteiger partial charge on any atom is 0.338 e. The third kappa shape index (κ3) is 1.57. The van der Waals surface area contributed by atoms with Crippen molar-refractivity contribution < 1.29 is 14.3 Å². The number of nitrogens with zero attached hydrogens (tertiary/aromatic N) is 1. The summed E-state index contributed by atoms with van der Waals surface area (Å²) >= 11 is 1.55. The molecular weight excluding hydrogens is 190 g/mol. The number of methoxy groups -OCH3 is 1. The van der Waals surface area contributed by atoms with E-state index in [-0.39, 0.29) is 12.1 Å². The molecule has 0 aliphatic carbocycles. The number of carbonyl (C=O) groups is 1. The lowest BCUT2D eigenvalue weighted by molar-refractivity contribution is -0.142. The Balaban J connectivity index is 2.04. The molecule has 0 unspecified atom stereocenters. The summed E-state index contributed by atoms with van der Waals surface area (Å²) in [6, 6.07) is 0. The van der Waals surface area contributed by atoms with E-state index in [0.717, 1.165) is 9.88 Å². The van der Waals surface area contributed by atoms with Crippen molar-refractivity contribution in [2.24, 2.45) is 0 Å². The molecule has 1 fully saturated rings. The molecule has 0 saturated carbocycles. The van der Waals surface area contributed by atoms with Gasteiger partial charge in [0.15, 0.2) is 6.10 Å². The van der Waals surface area contributed by atoms with E-state index in [4.69, 9.17) is 4.74 Å². The van der Waals surface area contributed by atoms with E-state index in [2.05, 4.69) is 9.72 Å². The van der Waals surface area contributed by atoms with Gasteiger partial charge in [-0.3, -0.25) is 0 Å². The van der Waals surface area contributed by atoms with Gasteiger partial charge in [0.2, 0.25) is 0 Å². The molecular formula is C8H9NO3S. The van der Waals surface area contributed by atoms with Gasteiger partial charge in [0.05, 0.1) is 17.0 Å². The second-order valence-electron chi connectivity index (χ2n) is 2.78. The maximum absolute atomic E-state index is 11.0. The molecule has 70 valence electrons. The normalized spacial score (nSPS) is 25.7. The topological polar surface area (TPSA) is 51.7 Å². The van der Waals surface area contributed by atoms with Crippen LogP contribution in [0.4, 0.5) is 0 Å². The van der Waals surface area contributed by atoms with Crippen LogP contribution in [0.2, 0.25) is 0 Å². The van der Waals surface area contributed by atoms with Crippen LogP contribution in [0.5, 0.6) is 0 Å². The Morgan fingerprint density at radius 1 is 1.77 bits per heavy atom. The van der Waals surface area contributed by atoms with Gasteiger partial charge >= 0.3 is 5.97 Å². The highest BCUT2D eigenvalue weighted by atomic mass is 32.1. The molecule has 13 heavy (non-hydrogen) atoms. The quantitative estimate of drug-likeness (QED) is 0.528. The number of hydrogen-bond donors (Lipinski definition) is 0. The molecule has 1 aromatic rings. The van der Waals surface area contributed by atoms with E-state index in [1.54, 1.807) is 17.5 Å². The predicted octanol–water partition coefficient (Wildman–Crippen LogP) is 1.06. The fourth-order valence-electron chi connectivity index (χ4n) is 1.13. The molecule has 0 amide bonds. The SMILES string of the molecule is COC(=O)[C@H]1O[C@H]1c1cnc(C)s1. The molecule has 0 aromatic carbocycles. The minimum Gasteiger partial charge on any atom is -0.467 e. The largest absolute Gasteiger partial charge is 0.467 e. The molecule has 2 atom stereocenters. The molecule has 2 rings (SSSR count). The fourth-order valence-corrected chi connectivity index (χ4v) is 1.98. The molecule has 1 saturated heterocycles. The van der Waals surface area contributed by atoms with Crippen molar-refractivity contribution in [3.05, 3.63) is 16.1 Å². The number of rotatable bonds is 2. The zero-order valence-corrected chi connectivity index (χ0v) is 8.13. The molecule has 5 heteroatoms. The molecule has 1 aromatic heterocycles. The van der Waals surface area contributed by atoms with Crippen molar-refractivity contribution in [1.29, 1.82) is 0 Å². The molecule has 1 aliphatic heterocycles. The third-order valence-corrected chi connectivity index (χ3v) is 2.82. The van der Waals surface area contributed by atoms with E-state index >= 15 is 0 Å². The zero-order valence-electron chi connectivity index (χ0n) is 7.31. The van der Waals surface area contributed by atoms with E-state index in [1.165, 1.54) is 7.11 Å². The minimum atomic E-state index is -0.412. The van der Waals surface area contributed by atoms with Gasteiger partial charge in [-0.2, -0.15) is 0 Å². The van der Waals surface area contributed by atoms with Crippen LogP contribution >= 0.6 is 11.3 Å². The summed E-state index contributed by atoms with van der Waals surface area (Å²) in [7, 11) is 1.36. The molecule has 2 heterocycles. The minimum absolute atomic E-state index is 0.126. The molecule has 1 aliphatic rings. The smallest absolute Gasteiger partial charge is 0.338 e. The Hall–Kier alpha value is -0.940. The Morgan fingerprint density at radius 2 is 2.54 bits per heavy atom. The lowest BCUT2D eigenvalue weighted by Gasteiger charge is -1.90. The second kappa shape index (κ2) is 3.08. The Morgan fingerprint density at radius 3 is 3.08 bits per heavy atom. The van der Waals surface area contributed by atoms with E-state index < -0.39 is 6.10 Å². The monoisotopic (exact) mass is 199 g/mol. The van der Waals surface area contributed by atoms with Gasteiger partial charge in [-0.1, -0.05) is 0 Å². The van der Waals surface area contributed by atoms with Crippen molar-refractivity contribution in [3.63, 3.8) is 0 Å². The van der Waals surface area contributed by atoms with Gasteiger partial charge in [0.1, 0.15) is 6.10 Å². The Kier molecular flexibility index (Phi) is 2.05. The lowest BCUT2D eigenvalue weighted by Crippen LogP contribution is -2.08. The second-order valence-corrected chi connectivity index (χ2v) is 4.05. The molecule has 0 spiro atoms. The zero-order chi connectivity index (χ0) is 9.42. The van der Waals surface area contributed by atoms with E-state index in [1.807, 2.05) is 6.92 Å². The van der Waals surface area contributed by atoms with Crippen molar-refractivity contribution in [1.82, 2.24) is 4.98 Å². The molecule has 4 nitrogen and oxygen atoms in total. The molecule has 0 bridgehead atoms. The van der Waals surface area contributed by atoms with Crippen LogP contribution in [0.3, 0.4) is 0 Å². The Labute approximate surface area is 79.5 Å². The first kappa shape index (κ1) is 8.65. The first-order valence-corrected chi connectivity index (χ1v) is 4.69. The highest BCUT2D eigenvalue weighted by Crippen LogP contribution is 2.41. The van der Waals surface area contributed by atoms with Crippen LogP contribution in [-0.4, -0.2) is 24.2 Å². The van der Waals surface area contributed by atoms with Crippen LogP contribution in [0.25, 0.3) is 0 Å². The van der Waals surface area contributed by atoms with Crippen LogP contribution in [0.15, 0.2) is 6.20 Å².